The van der Waals surface area contributed by atoms with Gasteiger partial charge in [-0.3, -0.25) is 4.98 Å². The van der Waals surface area contributed by atoms with E-state index in [0.717, 1.165) is 12.1 Å². The predicted octanol–water partition coefficient (Wildman–Crippen LogP) is 3.84. The van der Waals surface area contributed by atoms with Crippen molar-refractivity contribution in [1.82, 2.24) is 4.98 Å². The number of aryl methyl sites for hydroxylation is 1. The summed E-state index contributed by atoms with van der Waals surface area (Å²) in [5.41, 5.74) is 2.59. The summed E-state index contributed by atoms with van der Waals surface area (Å²) in [4.78, 5) is 4.88. The fraction of sp³-hybridized carbons (Fsp3) is 0.583. The van der Waals surface area contributed by atoms with E-state index in [9.17, 15) is 0 Å². The number of hydrogen-bond donors (Lipinski definition) is 0. The SMILES string of the molecule is Cc1ccc(C(C)(C)CC(C)Br)cn1. The summed E-state index contributed by atoms with van der Waals surface area (Å²) in [6, 6.07) is 4.26. The highest BCUT2D eigenvalue weighted by atomic mass is 79.9. The number of pyridine rings is 1. The summed E-state index contributed by atoms with van der Waals surface area (Å²) < 4.78 is 0. The van der Waals surface area contributed by atoms with Crippen LogP contribution in [0.2, 0.25) is 0 Å². The molecule has 1 atom stereocenters. The first-order valence-corrected chi connectivity index (χ1v) is 5.90. The monoisotopic (exact) mass is 255 g/mol. The first kappa shape index (κ1) is 11.7. The van der Waals surface area contributed by atoms with E-state index in [0.29, 0.717) is 4.83 Å². The Hall–Kier alpha value is -0.370. The average Bonchev–Trinajstić information content (AvgIpc) is 2.02. The number of alkyl halides is 1. The summed E-state index contributed by atoms with van der Waals surface area (Å²) in [6.45, 7) is 8.72. The second kappa shape index (κ2) is 4.43. The van der Waals surface area contributed by atoms with E-state index in [2.05, 4.69) is 53.8 Å². The Labute approximate surface area is 95.1 Å². The van der Waals surface area contributed by atoms with Gasteiger partial charge in [0.05, 0.1) is 0 Å². The van der Waals surface area contributed by atoms with Crippen LogP contribution < -0.4 is 0 Å². The van der Waals surface area contributed by atoms with E-state index in [1.807, 2.05) is 13.1 Å². The second-order valence-electron chi connectivity index (χ2n) is 4.56. The van der Waals surface area contributed by atoms with E-state index in [4.69, 9.17) is 0 Å². The molecule has 2 heteroatoms. The van der Waals surface area contributed by atoms with E-state index in [1.165, 1.54) is 5.56 Å². The molecule has 0 saturated heterocycles. The molecule has 0 fully saturated rings. The van der Waals surface area contributed by atoms with Crippen LogP contribution in [0.4, 0.5) is 0 Å². The van der Waals surface area contributed by atoms with Crippen LogP contribution in [0.5, 0.6) is 0 Å². The zero-order valence-electron chi connectivity index (χ0n) is 9.34. The van der Waals surface area contributed by atoms with E-state index >= 15 is 0 Å². The number of rotatable bonds is 3. The average molecular weight is 256 g/mol. The van der Waals surface area contributed by atoms with E-state index in [-0.39, 0.29) is 5.41 Å². The lowest BCUT2D eigenvalue weighted by Crippen LogP contribution is -2.20. The third kappa shape index (κ3) is 3.09. The van der Waals surface area contributed by atoms with E-state index < -0.39 is 0 Å². The molecule has 0 amide bonds. The molecule has 0 radical (unpaired) electrons. The Bertz CT molecular complexity index is 288. The van der Waals surface area contributed by atoms with Crippen molar-refractivity contribution in [3.8, 4) is 0 Å². The van der Waals surface area contributed by atoms with Crippen LogP contribution in [0.25, 0.3) is 0 Å². The minimum Gasteiger partial charge on any atom is -0.261 e. The lowest BCUT2D eigenvalue weighted by atomic mass is 9.81. The zero-order chi connectivity index (χ0) is 10.8. The first-order chi connectivity index (χ1) is 6.42. The predicted molar refractivity (Wildman–Crippen MR) is 65.0 cm³/mol. The van der Waals surface area contributed by atoms with Crippen LogP contribution in [0.1, 0.15) is 38.4 Å². The summed E-state index contributed by atoms with van der Waals surface area (Å²) >= 11 is 3.60. The van der Waals surface area contributed by atoms with Gasteiger partial charge in [0.25, 0.3) is 0 Å². The van der Waals surface area contributed by atoms with Crippen LogP contribution in [0.15, 0.2) is 18.3 Å². The summed E-state index contributed by atoms with van der Waals surface area (Å²) in [7, 11) is 0. The molecule has 0 N–H and O–H groups in total. The van der Waals surface area contributed by atoms with Crippen molar-refractivity contribution < 1.29 is 0 Å². The quantitative estimate of drug-likeness (QED) is 0.749. The molecule has 0 aliphatic rings. The Morgan fingerprint density at radius 2 is 2.07 bits per heavy atom. The summed E-state index contributed by atoms with van der Waals surface area (Å²) in [5.74, 6) is 0. The molecular weight excluding hydrogens is 238 g/mol. The van der Waals surface area contributed by atoms with Crippen LogP contribution in [0, 0.1) is 6.92 Å². The van der Waals surface area contributed by atoms with Crippen molar-refractivity contribution >= 4 is 15.9 Å². The molecule has 1 unspecified atom stereocenters. The topological polar surface area (TPSA) is 12.9 Å². The Morgan fingerprint density at radius 1 is 1.43 bits per heavy atom. The van der Waals surface area contributed by atoms with Gasteiger partial charge in [0, 0.05) is 16.7 Å². The minimum absolute atomic E-state index is 0.198. The van der Waals surface area contributed by atoms with Crippen LogP contribution in [0.3, 0.4) is 0 Å². The Morgan fingerprint density at radius 3 is 2.50 bits per heavy atom. The molecule has 78 valence electrons. The van der Waals surface area contributed by atoms with Crippen molar-refractivity contribution in [3.63, 3.8) is 0 Å². The zero-order valence-corrected chi connectivity index (χ0v) is 10.9. The highest BCUT2D eigenvalue weighted by Crippen LogP contribution is 2.29. The first-order valence-electron chi connectivity index (χ1n) is 4.99. The van der Waals surface area contributed by atoms with Gasteiger partial charge >= 0.3 is 0 Å². The van der Waals surface area contributed by atoms with Crippen LogP contribution >= 0.6 is 15.9 Å². The standard InChI is InChI=1S/C12H18BrN/c1-9(13)7-12(3,4)11-6-5-10(2)14-8-11/h5-6,8-9H,7H2,1-4H3. The van der Waals surface area contributed by atoms with Gasteiger partial charge < -0.3 is 0 Å². The van der Waals surface area contributed by atoms with Gasteiger partial charge in [-0.15, -0.1) is 0 Å². The van der Waals surface area contributed by atoms with Crippen LogP contribution in [-0.2, 0) is 5.41 Å². The van der Waals surface area contributed by atoms with Crippen molar-refractivity contribution in [2.75, 3.05) is 0 Å². The third-order valence-electron chi connectivity index (χ3n) is 2.48. The third-order valence-corrected chi connectivity index (χ3v) is 2.81. The maximum Gasteiger partial charge on any atom is 0.0372 e. The summed E-state index contributed by atoms with van der Waals surface area (Å²) in [6.07, 6.45) is 3.11. The molecule has 1 aromatic rings. The molecule has 1 heterocycles. The van der Waals surface area contributed by atoms with Crippen LogP contribution in [-0.4, -0.2) is 9.81 Å². The van der Waals surface area contributed by atoms with Gasteiger partial charge in [-0.1, -0.05) is 42.8 Å². The number of aromatic nitrogens is 1. The largest absolute Gasteiger partial charge is 0.261 e. The van der Waals surface area contributed by atoms with E-state index in [1.54, 1.807) is 0 Å². The van der Waals surface area contributed by atoms with Crippen molar-refractivity contribution in [2.24, 2.45) is 0 Å². The number of hydrogen-bond acceptors (Lipinski definition) is 1. The van der Waals surface area contributed by atoms with Gasteiger partial charge in [-0.2, -0.15) is 0 Å². The lowest BCUT2D eigenvalue weighted by molar-refractivity contribution is 0.480. The fourth-order valence-electron chi connectivity index (χ4n) is 1.69. The molecular formula is C12H18BrN. The van der Waals surface area contributed by atoms with Gasteiger partial charge in [0.1, 0.15) is 0 Å². The second-order valence-corrected chi connectivity index (χ2v) is 6.12. The normalized spacial score (nSPS) is 14.1. The molecule has 1 nitrogen and oxygen atoms in total. The highest BCUT2D eigenvalue weighted by Gasteiger charge is 2.22. The highest BCUT2D eigenvalue weighted by molar-refractivity contribution is 9.09. The van der Waals surface area contributed by atoms with Crippen molar-refractivity contribution in [1.29, 1.82) is 0 Å². The minimum atomic E-state index is 0.198. The van der Waals surface area contributed by atoms with Gasteiger partial charge in [-0.25, -0.2) is 0 Å². The molecule has 0 spiro atoms. The smallest absolute Gasteiger partial charge is 0.0372 e. The molecule has 0 saturated carbocycles. The molecule has 0 aromatic carbocycles. The molecule has 1 rings (SSSR count). The molecule has 1 aromatic heterocycles. The Balaban J connectivity index is 2.86. The molecule has 0 bridgehead atoms. The maximum absolute atomic E-state index is 4.34. The van der Waals surface area contributed by atoms with Crippen molar-refractivity contribution in [2.45, 2.75) is 44.4 Å². The molecule has 0 aliphatic heterocycles. The number of nitrogens with zero attached hydrogens (tertiary/aromatic N) is 1. The van der Waals surface area contributed by atoms with Gasteiger partial charge in [-0.05, 0) is 30.4 Å². The Kier molecular flexibility index (Phi) is 3.71. The molecule has 14 heavy (non-hydrogen) atoms. The number of halogens is 1. The summed E-state index contributed by atoms with van der Waals surface area (Å²) in [5, 5.41) is 0. The van der Waals surface area contributed by atoms with Gasteiger partial charge in [0.2, 0.25) is 0 Å². The lowest BCUT2D eigenvalue weighted by Gasteiger charge is -2.26. The molecule has 0 aliphatic carbocycles. The van der Waals surface area contributed by atoms with Gasteiger partial charge in [0.15, 0.2) is 0 Å². The van der Waals surface area contributed by atoms with Crippen molar-refractivity contribution in [3.05, 3.63) is 29.6 Å². The fourth-order valence-corrected chi connectivity index (χ4v) is 2.50. The maximum atomic E-state index is 4.34.